The van der Waals surface area contributed by atoms with Gasteiger partial charge >= 0.3 is 0 Å². The van der Waals surface area contributed by atoms with Gasteiger partial charge in [-0.1, -0.05) is 20.8 Å². The molecule has 0 unspecified atom stereocenters. The van der Waals surface area contributed by atoms with Crippen LogP contribution in [0.25, 0.3) is 0 Å². The number of aromatic nitrogens is 2. The summed E-state index contributed by atoms with van der Waals surface area (Å²) in [6.45, 7) is 9.50. The van der Waals surface area contributed by atoms with E-state index >= 15 is 0 Å². The second-order valence-electron chi connectivity index (χ2n) is 4.50. The Kier molecular flexibility index (Phi) is 4.08. The first kappa shape index (κ1) is 12.4. The lowest BCUT2D eigenvalue weighted by Gasteiger charge is -2.22. The van der Waals surface area contributed by atoms with Crippen molar-refractivity contribution in [3.8, 4) is 0 Å². The van der Waals surface area contributed by atoms with Crippen LogP contribution >= 0.6 is 15.9 Å². The first-order chi connectivity index (χ1) is 6.94. The molecule has 0 aliphatic carbocycles. The summed E-state index contributed by atoms with van der Waals surface area (Å²) in [6.07, 6.45) is 2.92. The second-order valence-corrected chi connectivity index (χ2v) is 5.35. The zero-order valence-corrected chi connectivity index (χ0v) is 11.3. The average molecular weight is 272 g/mol. The maximum Gasteiger partial charge on any atom is 0.222 e. The number of hydrogen-bond acceptors (Lipinski definition) is 3. The molecule has 1 aromatic heterocycles. The molecule has 0 spiro atoms. The molecule has 0 aromatic carbocycles. The van der Waals surface area contributed by atoms with Crippen molar-refractivity contribution >= 4 is 21.9 Å². The van der Waals surface area contributed by atoms with Gasteiger partial charge in [-0.2, -0.15) is 0 Å². The van der Waals surface area contributed by atoms with Crippen LogP contribution in [0.3, 0.4) is 0 Å². The molecule has 15 heavy (non-hydrogen) atoms. The van der Waals surface area contributed by atoms with Crippen molar-refractivity contribution in [2.75, 3.05) is 11.9 Å². The summed E-state index contributed by atoms with van der Waals surface area (Å²) < 4.78 is 0.947. The SMILES string of the molecule is CCC(C)(C)CNc1ncc(Br)c(C)n1. The summed E-state index contributed by atoms with van der Waals surface area (Å²) in [6, 6.07) is 0. The van der Waals surface area contributed by atoms with Crippen molar-refractivity contribution in [2.24, 2.45) is 5.41 Å². The highest BCUT2D eigenvalue weighted by molar-refractivity contribution is 9.10. The molecular formula is C11H18BrN3. The Morgan fingerprint density at radius 1 is 1.47 bits per heavy atom. The van der Waals surface area contributed by atoms with Crippen molar-refractivity contribution in [3.63, 3.8) is 0 Å². The molecule has 84 valence electrons. The van der Waals surface area contributed by atoms with E-state index in [1.54, 1.807) is 6.20 Å². The highest BCUT2D eigenvalue weighted by Crippen LogP contribution is 2.20. The minimum atomic E-state index is 0.282. The van der Waals surface area contributed by atoms with E-state index in [0.29, 0.717) is 5.95 Å². The monoisotopic (exact) mass is 271 g/mol. The van der Waals surface area contributed by atoms with Crippen LogP contribution < -0.4 is 5.32 Å². The summed E-state index contributed by atoms with van der Waals surface area (Å²) in [4.78, 5) is 8.55. The molecule has 1 aromatic rings. The summed E-state index contributed by atoms with van der Waals surface area (Å²) in [5.41, 5.74) is 1.24. The lowest BCUT2D eigenvalue weighted by atomic mass is 9.90. The molecule has 0 atom stereocenters. The Bertz CT molecular complexity index is 337. The van der Waals surface area contributed by atoms with Gasteiger partial charge in [-0.05, 0) is 34.7 Å². The maximum atomic E-state index is 4.34. The number of nitrogens with zero attached hydrogens (tertiary/aromatic N) is 2. The predicted molar refractivity (Wildman–Crippen MR) is 67.0 cm³/mol. The fraction of sp³-hybridized carbons (Fsp3) is 0.636. The topological polar surface area (TPSA) is 37.8 Å². The van der Waals surface area contributed by atoms with E-state index in [-0.39, 0.29) is 5.41 Å². The van der Waals surface area contributed by atoms with Crippen molar-refractivity contribution in [3.05, 3.63) is 16.4 Å². The molecule has 0 radical (unpaired) electrons. The number of rotatable bonds is 4. The van der Waals surface area contributed by atoms with E-state index in [0.717, 1.165) is 23.1 Å². The Balaban J connectivity index is 2.62. The van der Waals surface area contributed by atoms with Gasteiger partial charge in [-0.15, -0.1) is 0 Å². The van der Waals surface area contributed by atoms with Gasteiger partial charge in [-0.25, -0.2) is 9.97 Å². The van der Waals surface area contributed by atoms with Gasteiger partial charge in [-0.3, -0.25) is 0 Å². The van der Waals surface area contributed by atoms with Gasteiger partial charge < -0.3 is 5.32 Å². The zero-order valence-electron chi connectivity index (χ0n) is 9.76. The molecule has 1 rings (SSSR count). The Morgan fingerprint density at radius 2 is 2.13 bits per heavy atom. The zero-order chi connectivity index (χ0) is 11.5. The minimum Gasteiger partial charge on any atom is -0.354 e. The molecule has 0 aliphatic heterocycles. The number of nitrogens with one attached hydrogen (secondary N) is 1. The predicted octanol–water partition coefficient (Wildman–Crippen LogP) is 3.40. The highest BCUT2D eigenvalue weighted by Gasteiger charge is 2.15. The van der Waals surface area contributed by atoms with Gasteiger partial charge in [0.25, 0.3) is 0 Å². The first-order valence-corrected chi connectivity index (χ1v) is 5.97. The fourth-order valence-electron chi connectivity index (χ4n) is 0.981. The summed E-state index contributed by atoms with van der Waals surface area (Å²) >= 11 is 3.38. The van der Waals surface area contributed by atoms with Crippen LogP contribution in [0.4, 0.5) is 5.95 Å². The van der Waals surface area contributed by atoms with Gasteiger partial charge in [0.2, 0.25) is 5.95 Å². The minimum absolute atomic E-state index is 0.282. The smallest absolute Gasteiger partial charge is 0.222 e. The number of hydrogen-bond donors (Lipinski definition) is 1. The van der Waals surface area contributed by atoms with Crippen molar-refractivity contribution in [2.45, 2.75) is 34.1 Å². The second kappa shape index (κ2) is 4.92. The van der Waals surface area contributed by atoms with Crippen molar-refractivity contribution in [1.82, 2.24) is 9.97 Å². The lowest BCUT2D eigenvalue weighted by Crippen LogP contribution is -2.23. The highest BCUT2D eigenvalue weighted by atomic mass is 79.9. The molecular weight excluding hydrogens is 254 g/mol. The van der Waals surface area contributed by atoms with E-state index in [1.165, 1.54) is 0 Å². The first-order valence-electron chi connectivity index (χ1n) is 5.17. The third-order valence-electron chi connectivity index (χ3n) is 2.60. The molecule has 1 N–H and O–H groups in total. The van der Waals surface area contributed by atoms with Crippen LogP contribution in [-0.4, -0.2) is 16.5 Å². The van der Waals surface area contributed by atoms with E-state index in [9.17, 15) is 0 Å². The molecule has 0 bridgehead atoms. The molecule has 0 amide bonds. The van der Waals surface area contributed by atoms with Crippen molar-refractivity contribution in [1.29, 1.82) is 0 Å². The molecule has 0 saturated carbocycles. The fourth-order valence-corrected chi connectivity index (χ4v) is 1.17. The largest absolute Gasteiger partial charge is 0.354 e. The van der Waals surface area contributed by atoms with Crippen LogP contribution in [0.2, 0.25) is 0 Å². The molecule has 4 heteroatoms. The molecule has 0 aliphatic rings. The summed E-state index contributed by atoms with van der Waals surface area (Å²) in [5, 5.41) is 3.26. The third kappa shape index (κ3) is 3.78. The standard InChI is InChI=1S/C11H18BrN3/c1-5-11(3,4)7-14-10-13-6-9(12)8(2)15-10/h6H,5,7H2,1-4H3,(H,13,14,15). The number of halogens is 1. The van der Waals surface area contributed by atoms with E-state index < -0.39 is 0 Å². The number of anilines is 1. The normalized spacial score (nSPS) is 11.5. The van der Waals surface area contributed by atoms with Gasteiger partial charge in [0.05, 0.1) is 10.2 Å². The molecule has 3 nitrogen and oxygen atoms in total. The molecule has 0 fully saturated rings. The van der Waals surface area contributed by atoms with Crippen molar-refractivity contribution < 1.29 is 0 Å². The van der Waals surface area contributed by atoms with Gasteiger partial charge in [0.15, 0.2) is 0 Å². The quantitative estimate of drug-likeness (QED) is 0.912. The van der Waals surface area contributed by atoms with Crippen LogP contribution in [0.1, 0.15) is 32.9 Å². The average Bonchev–Trinajstić information content (AvgIpc) is 2.20. The Hall–Kier alpha value is -0.640. The van der Waals surface area contributed by atoms with E-state index in [1.807, 2.05) is 6.92 Å². The summed E-state index contributed by atoms with van der Waals surface area (Å²) in [5.74, 6) is 0.706. The van der Waals surface area contributed by atoms with E-state index in [2.05, 4.69) is 52.0 Å². The maximum absolute atomic E-state index is 4.34. The Morgan fingerprint density at radius 3 is 2.67 bits per heavy atom. The lowest BCUT2D eigenvalue weighted by molar-refractivity contribution is 0.376. The van der Waals surface area contributed by atoms with Crippen LogP contribution in [0.5, 0.6) is 0 Å². The third-order valence-corrected chi connectivity index (χ3v) is 3.38. The van der Waals surface area contributed by atoms with Crippen LogP contribution in [-0.2, 0) is 0 Å². The van der Waals surface area contributed by atoms with Crippen LogP contribution in [0, 0.1) is 12.3 Å². The summed E-state index contributed by atoms with van der Waals surface area (Å²) in [7, 11) is 0. The molecule has 1 heterocycles. The Labute approximate surface area is 99.8 Å². The van der Waals surface area contributed by atoms with Gasteiger partial charge in [0.1, 0.15) is 0 Å². The van der Waals surface area contributed by atoms with Gasteiger partial charge in [0, 0.05) is 12.7 Å². The van der Waals surface area contributed by atoms with E-state index in [4.69, 9.17) is 0 Å². The molecule has 0 saturated heterocycles. The van der Waals surface area contributed by atoms with Crippen LogP contribution in [0.15, 0.2) is 10.7 Å². The number of aryl methyl sites for hydroxylation is 1.